The van der Waals surface area contributed by atoms with Crippen molar-refractivity contribution in [2.75, 3.05) is 35.2 Å². The van der Waals surface area contributed by atoms with Crippen LogP contribution in [0.3, 0.4) is 0 Å². The fourth-order valence-electron chi connectivity index (χ4n) is 2.35. The molecule has 1 saturated heterocycles. The van der Waals surface area contributed by atoms with E-state index in [0.29, 0.717) is 5.95 Å². The Balaban J connectivity index is 2.07. The number of anilines is 2. The average Bonchev–Trinajstić information content (AvgIpc) is 2.64. The topological polar surface area (TPSA) is 55.0 Å². The normalized spacial score (nSPS) is 16.8. The Kier molecular flexibility index (Phi) is 3.79. The Bertz CT molecular complexity index is 573. The van der Waals surface area contributed by atoms with E-state index in [1.807, 2.05) is 11.8 Å². The molecule has 1 fully saturated rings. The summed E-state index contributed by atoms with van der Waals surface area (Å²) in [6, 6.07) is 2.23. The summed E-state index contributed by atoms with van der Waals surface area (Å²) < 4.78 is 0. The monoisotopic (exact) mass is 294 g/mol. The summed E-state index contributed by atoms with van der Waals surface area (Å²) in [6.07, 6.45) is 2.25. The van der Waals surface area contributed by atoms with Crippen molar-refractivity contribution >= 4 is 45.1 Å². The van der Waals surface area contributed by atoms with Crippen LogP contribution in [-0.2, 0) is 6.42 Å². The van der Waals surface area contributed by atoms with Crippen LogP contribution >= 0.6 is 23.1 Å². The van der Waals surface area contributed by atoms with Gasteiger partial charge in [-0.15, -0.1) is 11.3 Å². The molecule has 0 saturated carbocycles. The lowest BCUT2D eigenvalue weighted by Gasteiger charge is -2.21. The Labute approximate surface area is 121 Å². The van der Waals surface area contributed by atoms with E-state index in [4.69, 9.17) is 5.73 Å². The van der Waals surface area contributed by atoms with Gasteiger partial charge >= 0.3 is 0 Å². The van der Waals surface area contributed by atoms with Crippen molar-refractivity contribution in [3.63, 3.8) is 0 Å². The zero-order valence-electron chi connectivity index (χ0n) is 11.1. The van der Waals surface area contributed by atoms with E-state index in [2.05, 4.69) is 27.9 Å². The molecule has 6 heteroatoms. The number of hydrogen-bond acceptors (Lipinski definition) is 6. The van der Waals surface area contributed by atoms with E-state index in [1.165, 1.54) is 22.4 Å². The minimum absolute atomic E-state index is 0.393. The molecule has 0 amide bonds. The molecular weight excluding hydrogens is 276 g/mol. The van der Waals surface area contributed by atoms with Gasteiger partial charge < -0.3 is 10.6 Å². The van der Waals surface area contributed by atoms with Gasteiger partial charge in [0.15, 0.2) is 0 Å². The number of hydrogen-bond donors (Lipinski definition) is 1. The van der Waals surface area contributed by atoms with Gasteiger partial charge in [-0.3, -0.25) is 0 Å². The van der Waals surface area contributed by atoms with Gasteiger partial charge in [0.1, 0.15) is 10.6 Å². The number of thioether (sulfide) groups is 1. The summed E-state index contributed by atoms with van der Waals surface area (Å²) in [5, 5.41) is 1.17. The predicted octanol–water partition coefficient (Wildman–Crippen LogP) is 2.78. The molecule has 1 aliphatic rings. The minimum Gasteiger partial charge on any atom is -0.368 e. The maximum absolute atomic E-state index is 5.87. The molecule has 3 heterocycles. The molecule has 0 bridgehead atoms. The first-order valence-corrected chi connectivity index (χ1v) is 8.63. The summed E-state index contributed by atoms with van der Waals surface area (Å²) >= 11 is 3.75. The zero-order chi connectivity index (χ0) is 13.2. The lowest BCUT2D eigenvalue weighted by molar-refractivity contribution is 0.805. The fraction of sp³-hybridized carbons (Fsp3) is 0.538. The standard InChI is InChI=1S/C13H18N4S2/c1-2-9-8-10-11(15-13(14)16-12(10)19-9)17-4-3-6-18-7-5-17/h8H,2-7H2,1H3,(H2,14,15,16). The molecule has 2 aromatic heterocycles. The first kappa shape index (κ1) is 13.0. The molecule has 0 unspecified atom stereocenters. The van der Waals surface area contributed by atoms with Gasteiger partial charge in [0, 0.05) is 23.7 Å². The second kappa shape index (κ2) is 5.54. The first-order chi connectivity index (χ1) is 9.28. The van der Waals surface area contributed by atoms with Gasteiger partial charge in [0.05, 0.1) is 5.39 Å². The number of nitrogen functional groups attached to an aromatic ring is 1. The summed E-state index contributed by atoms with van der Waals surface area (Å²) in [5.41, 5.74) is 5.87. The summed E-state index contributed by atoms with van der Waals surface area (Å²) in [6.45, 7) is 4.28. The van der Waals surface area contributed by atoms with Gasteiger partial charge in [0.2, 0.25) is 5.95 Å². The van der Waals surface area contributed by atoms with E-state index < -0.39 is 0 Å². The Morgan fingerprint density at radius 3 is 3.05 bits per heavy atom. The smallest absolute Gasteiger partial charge is 0.223 e. The molecule has 3 rings (SSSR count). The van der Waals surface area contributed by atoms with Crippen LogP contribution in [0.4, 0.5) is 11.8 Å². The van der Waals surface area contributed by atoms with E-state index in [0.717, 1.165) is 35.9 Å². The number of nitrogens with two attached hydrogens (primary N) is 1. The van der Waals surface area contributed by atoms with Crippen LogP contribution in [0.15, 0.2) is 6.07 Å². The summed E-state index contributed by atoms with van der Waals surface area (Å²) in [4.78, 5) is 13.6. The molecule has 1 aliphatic heterocycles. The number of aromatic nitrogens is 2. The van der Waals surface area contributed by atoms with Crippen molar-refractivity contribution in [3.8, 4) is 0 Å². The maximum Gasteiger partial charge on any atom is 0.223 e. The second-order valence-electron chi connectivity index (χ2n) is 4.64. The number of fused-ring (bicyclic) bond motifs is 1. The highest BCUT2D eigenvalue weighted by Gasteiger charge is 2.17. The van der Waals surface area contributed by atoms with E-state index in [-0.39, 0.29) is 0 Å². The second-order valence-corrected chi connectivity index (χ2v) is 6.98. The first-order valence-electron chi connectivity index (χ1n) is 6.66. The highest BCUT2D eigenvalue weighted by molar-refractivity contribution is 7.99. The number of rotatable bonds is 2. The van der Waals surface area contributed by atoms with Crippen LogP contribution in [0.2, 0.25) is 0 Å². The Morgan fingerprint density at radius 2 is 2.21 bits per heavy atom. The van der Waals surface area contributed by atoms with Gasteiger partial charge in [-0.1, -0.05) is 6.92 Å². The van der Waals surface area contributed by atoms with Crippen molar-refractivity contribution in [2.24, 2.45) is 0 Å². The van der Waals surface area contributed by atoms with Crippen molar-refractivity contribution in [1.82, 2.24) is 9.97 Å². The van der Waals surface area contributed by atoms with Crippen LogP contribution in [0, 0.1) is 0 Å². The minimum atomic E-state index is 0.393. The summed E-state index contributed by atoms with van der Waals surface area (Å²) in [7, 11) is 0. The number of aryl methyl sites for hydroxylation is 1. The third kappa shape index (κ3) is 2.65. The average molecular weight is 294 g/mol. The molecule has 19 heavy (non-hydrogen) atoms. The zero-order valence-corrected chi connectivity index (χ0v) is 12.7. The van der Waals surface area contributed by atoms with Crippen LogP contribution in [0.1, 0.15) is 18.2 Å². The van der Waals surface area contributed by atoms with Crippen molar-refractivity contribution in [3.05, 3.63) is 10.9 Å². The van der Waals surface area contributed by atoms with E-state index in [9.17, 15) is 0 Å². The quantitative estimate of drug-likeness (QED) is 0.923. The SMILES string of the molecule is CCc1cc2c(N3CCCSCC3)nc(N)nc2s1. The molecular formula is C13H18N4S2. The fourth-order valence-corrected chi connectivity index (χ4v) is 4.20. The maximum atomic E-state index is 5.87. The van der Waals surface area contributed by atoms with Gasteiger partial charge in [-0.25, -0.2) is 4.98 Å². The van der Waals surface area contributed by atoms with E-state index in [1.54, 1.807) is 11.3 Å². The highest BCUT2D eigenvalue weighted by atomic mass is 32.2. The van der Waals surface area contributed by atoms with Crippen LogP contribution in [-0.4, -0.2) is 34.6 Å². The molecule has 2 aromatic rings. The Morgan fingerprint density at radius 1 is 1.32 bits per heavy atom. The third-order valence-corrected chi connectivity index (χ3v) is 5.53. The van der Waals surface area contributed by atoms with Crippen LogP contribution in [0.5, 0.6) is 0 Å². The van der Waals surface area contributed by atoms with Gasteiger partial charge in [-0.2, -0.15) is 16.7 Å². The van der Waals surface area contributed by atoms with E-state index >= 15 is 0 Å². The van der Waals surface area contributed by atoms with Gasteiger partial charge in [0.25, 0.3) is 0 Å². The largest absolute Gasteiger partial charge is 0.368 e. The van der Waals surface area contributed by atoms with Gasteiger partial charge in [-0.05, 0) is 24.7 Å². The highest BCUT2D eigenvalue weighted by Crippen LogP contribution is 2.32. The predicted molar refractivity (Wildman–Crippen MR) is 85.4 cm³/mol. The molecule has 0 spiro atoms. The molecule has 102 valence electrons. The molecule has 0 atom stereocenters. The number of thiophene rings is 1. The lowest BCUT2D eigenvalue weighted by Crippen LogP contribution is -2.27. The molecule has 0 aliphatic carbocycles. The molecule has 0 radical (unpaired) electrons. The van der Waals surface area contributed by atoms with Crippen molar-refractivity contribution in [2.45, 2.75) is 19.8 Å². The molecule has 4 nitrogen and oxygen atoms in total. The van der Waals surface area contributed by atoms with Crippen LogP contribution in [0.25, 0.3) is 10.2 Å². The number of nitrogens with zero attached hydrogens (tertiary/aromatic N) is 3. The van der Waals surface area contributed by atoms with Crippen molar-refractivity contribution < 1.29 is 0 Å². The summed E-state index contributed by atoms with van der Waals surface area (Å²) in [5.74, 6) is 3.82. The molecule has 2 N–H and O–H groups in total. The molecule has 0 aromatic carbocycles. The third-order valence-electron chi connectivity index (χ3n) is 3.31. The van der Waals surface area contributed by atoms with Crippen molar-refractivity contribution in [1.29, 1.82) is 0 Å². The van der Waals surface area contributed by atoms with Crippen LogP contribution < -0.4 is 10.6 Å². The Hall–Kier alpha value is -1.01. The lowest BCUT2D eigenvalue weighted by atomic mass is 10.3.